The van der Waals surface area contributed by atoms with Crippen molar-refractivity contribution < 1.29 is 14.4 Å². The Hall–Kier alpha value is -5.02. The van der Waals surface area contributed by atoms with Gasteiger partial charge in [0.2, 0.25) is 11.8 Å². The fourth-order valence-electron chi connectivity index (χ4n) is 6.69. The van der Waals surface area contributed by atoms with Gasteiger partial charge in [-0.25, -0.2) is 0 Å². The first-order valence-corrected chi connectivity index (χ1v) is 16.3. The number of amides is 2. The Labute approximate surface area is 276 Å². The van der Waals surface area contributed by atoms with E-state index < -0.39 is 6.04 Å². The van der Waals surface area contributed by atoms with Crippen LogP contribution in [-0.2, 0) is 16.0 Å². The maximum Gasteiger partial charge on any atom is 0.239 e. The average Bonchev–Trinajstić information content (AvgIpc) is 3.23. The number of guanidine groups is 1. The van der Waals surface area contributed by atoms with Crippen molar-refractivity contribution in [1.82, 2.24) is 15.5 Å². The van der Waals surface area contributed by atoms with E-state index in [2.05, 4.69) is 39.9 Å². The van der Waals surface area contributed by atoms with E-state index in [1.807, 2.05) is 77.7 Å². The Morgan fingerprint density at radius 1 is 0.979 bits per heavy atom. The second-order valence-corrected chi connectivity index (χ2v) is 12.2. The van der Waals surface area contributed by atoms with Crippen LogP contribution in [0.1, 0.15) is 59.2 Å². The number of hydrogen-bond acceptors (Lipinski definition) is 5. The van der Waals surface area contributed by atoms with Crippen LogP contribution in [0.4, 0.5) is 0 Å². The summed E-state index contributed by atoms with van der Waals surface area (Å²) in [6.45, 7) is 2.92. The van der Waals surface area contributed by atoms with E-state index in [9.17, 15) is 14.4 Å². The molecule has 0 spiro atoms. The minimum absolute atomic E-state index is 0.00919. The summed E-state index contributed by atoms with van der Waals surface area (Å²) >= 11 is 0. The molecule has 1 saturated heterocycles. The molecule has 4 aromatic rings. The van der Waals surface area contributed by atoms with E-state index in [4.69, 9.17) is 11.5 Å². The molecule has 0 aromatic heterocycles. The van der Waals surface area contributed by atoms with Gasteiger partial charge in [-0.2, -0.15) is 0 Å². The Bertz CT molecular complexity index is 1650. The lowest BCUT2D eigenvalue weighted by Gasteiger charge is -2.30. The molecule has 1 fully saturated rings. The predicted molar refractivity (Wildman–Crippen MR) is 187 cm³/mol. The van der Waals surface area contributed by atoms with E-state index in [-0.39, 0.29) is 35.8 Å². The number of nitrogens with two attached hydrogens (primary N) is 2. The van der Waals surface area contributed by atoms with Crippen LogP contribution in [0.25, 0.3) is 10.8 Å². The number of fused-ring (bicyclic) bond motifs is 1. The normalized spacial score (nSPS) is 17.2. The molecular formula is C38H44N6O3. The van der Waals surface area contributed by atoms with Gasteiger partial charge in [-0.3, -0.25) is 19.4 Å². The number of rotatable bonds is 13. The third-order valence-electron chi connectivity index (χ3n) is 8.98. The number of carbonyl (C=O) groups is 3. The molecule has 47 heavy (non-hydrogen) atoms. The van der Waals surface area contributed by atoms with Gasteiger partial charge in [0.05, 0.1) is 6.04 Å². The minimum Gasteiger partial charge on any atom is -0.370 e. The Kier molecular flexibility index (Phi) is 11.4. The van der Waals surface area contributed by atoms with Crippen molar-refractivity contribution in [2.24, 2.45) is 16.5 Å². The van der Waals surface area contributed by atoms with Gasteiger partial charge in [-0.05, 0) is 53.1 Å². The lowest BCUT2D eigenvalue weighted by Crippen LogP contribution is -2.54. The number of carbonyl (C=O) groups excluding carboxylic acids is 3. The molecule has 1 heterocycles. The van der Waals surface area contributed by atoms with Crippen LogP contribution in [0, 0.1) is 0 Å². The molecule has 1 aliphatic rings. The van der Waals surface area contributed by atoms with E-state index >= 15 is 0 Å². The highest BCUT2D eigenvalue weighted by Gasteiger charge is 2.36. The van der Waals surface area contributed by atoms with E-state index in [1.54, 1.807) is 0 Å². The summed E-state index contributed by atoms with van der Waals surface area (Å²) < 4.78 is 0. The Morgan fingerprint density at radius 2 is 1.64 bits per heavy atom. The molecule has 3 atom stereocenters. The third-order valence-corrected chi connectivity index (χ3v) is 8.98. The van der Waals surface area contributed by atoms with E-state index in [1.165, 1.54) is 6.92 Å². The lowest BCUT2D eigenvalue weighted by molar-refractivity contribution is -0.133. The highest BCUT2D eigenvalue weighted by Crippen LogP contribution is 2.28. The van der Waals surface area contributed by atoms with Crippen molar-refractivity contribution in [2.75, 3.05) is 19.6 Å². The molecule has 4 aromatic carbocycles. The van der Waals surface area contributed by atoms with Gasteiger partial charge in [-0.15, -0.1) is 0 Å². The van der Waals surface area contributed by atoms with Crippen LogP contribution in [0.15, 0.2) is 102 Å². The van der Waals surface area contributed by atoms with Crippen LogP contribution in [0.3, 0.4) is 0 Å². The highest BCUT2D eigenvalue weighted by molar-refractivity contribution is 5.99. The van der Waals surface area contributed by atoms with E-state index in [0.29, 0.717) is 50.9 Å². The number of benzene rings is 4. The van der Waals surface area contributed by atoms with Crippen LogP contribution < -0.4 is 22.1 Å². The Balaban J connectivity index is 1.45. The van der Waals surface area contributed by atoms with Crippen LogP contribution >= 0.6 is 0 Å². The largest absolute Gasteiger partial charge is 0.370 e. The molecule has 0 unspecified atom stereocenters. The van der Waals surface area contributed by atoms with Crippen molar-refractivity contribution in [2.45, 2.75) is 56.7 Å². The minimum atomic E-state index is -0.512. The van der Waals surface area contributed by atoms with Crippen LogP contribution in [0.2, 0.25) is 0 Å². The quantitative estimate of drug-likeness (QED) is 0.0755. The lowest BCUT2D eigenvalue weighted by atomic mass is 9.90. The summed E-state index contributed by atoms with van der Waals surface area (Å²) in [5.74, 6) is -0.158. The maximum atomic E-state index is 14.3. The standard InChI is InChI=1S/C38H44N6O3/c1-26(46)42-36(23-30-19-18-29-15-8-9-16-31(29)33(30)25-45)34-20-22-44(37(47)35(43-34)17-10-21-41-38(39)40)24-32(27-11-4-2-5-12-27)28-13-6-3-7-14-28/h2-9,11-16,18-19,25,32,34-36,43H,10,17,20-24H2,1H3,(H,42,46)(H4,39,40,41)/t34-,35-,36+/m0/s1. The Morgan fingerprint density at radius 3 is 2.28 bits per heavy atom. The molecule has 244 valence electrons. The van der Waals surface area contributed by atoms with Gasteiger partial charge in [0.1, 0.15) is 0 Å². The SMILES string of the molecule is CC(=O)N[C@H](Cc1ccc2ccccc2c1C=O)[C@@H]1CCN(CC(c2ccccc2)c2ccccc2)C(=O)[C@H](CCCN=C(N)N)N1. The predicted octanol–water partition coefficient (Wildman–Crippen LogP) is 4.14. The summed E-state index contributed by atoms with van der Waals surface area (Å²) in [7, 11) is 0. The summed E-state index contributed by atoms with van der Waals surface area (Å²) in [5.41, 5.74) is 14.9. The maximum absolute atomic E-state index is 14.3. The number of aliphatic imine (C=N–C) groups is 1. The zero-order valence-corrected chi connectivity index (χ0v) is 26.8. The van der Waals surface area contributed by atoms with Crippen molar-refractivity contribution in [1.29, 1.82) is 0 Å². The summed E-state index contributed by atoms with van der Waals surface area (Å²) in [6, 6.07) is 31.2. The van der Waals surface area contributed by atoms with Gasteiger partial charge in [0.25, 0.3) is 0 Å². The van der Waals surface area contributed by atoms with Crippen molar-refractivity contribution in [3.05, 3.63) is 119 Å². The first-order valence-electron chi connectivity index (χ1n) is 16.3. The van der Waals surface area contributed by atoms with Gasteiger partial charge in [-0.1, -0.05) is 97.1 Å². The molecule has 0 radical (unpaired) electrons. The average molecular weight is 633 g/mol. The molecule has 6 N–H and O–H groups in total. The fourth-order valence-corrected chi connectivity index (χ4v) is 6.69. The summed E-state index contributed by atoms with van der Waals surface area (Å²) in [5, 5.41) is 8.64. The zero-order chi connectivity index (χ0) is 33.2. The number of nitrogens with zero attached hydrogens (tertiary/aromatic N) is 2. The van der Waals surface area contributed by atoms with Crippen molar-refractivity contribution >= 4 is 34.8 Å². The molecule has 1 aliphatic heterocycles. The van der Waals surface area contributed by atoms with Gasteiger partial charge in [0.15, 0.2) is 12.2 Å². The first kappa shape index (κ1) is 33.3. The van der Waals surface area contributed by atoms with E-state index in [0.717, 1.165) is 33.7 Å². The number of aldehydes is 1. The van der Waals surface area contributed by atoms with Crippen molar-refractivity contribution in [3.63, 3.8) is 0 Å². The van der Waals surface area contributed by atoms with Crippen LogP contribution in [0.5, 0.6) is 0 Å². The molecule has 0 saturated carbocycles. The van der Waals surface area contributed by atoms with Gasteiger partial charge in [0, 0.05) is 50.1 Å². The number of nitrogens with one attached hydrogen (secondary N) is 2. The zero-order valence-electron chi connectivity index (χ0n) is 26.8. The molecule has 5 rings (SSSR count). The molecule has 2 amide bonds. The van der Waals surface area contributed by atoms with Gasteiger partial charge < -0.3 is 27.0 Å². The summed E-state index contributed by atoms with van der Waals surface area (Å²) in [4.78, 5) is 45.3. The van der Waals surface area contributed by atoms with Gasteiger partial charge >= 0.3 is 0 Å². The topological polar surface area (TPSA) is 143 Å². The molecule has 0 bridgehead atoms. The summed E-state index contributed by atoms with van der Waals surface area (Å²) in [6.07, 6.45) is 3.07. The fraction of sp³-hybridized carbons (Fsp3) is 0.316. The third kappa shape index (κ3) is 8.62. The molecule has 0 aliphatic carbocycles. The second kappa shape index (κ2) is 16.0. The first-order chi connectivity index (χ1) is 22.8. The number of hydrogen-bond donors (Lipinski definition) is 4. The monoisotopic (exact) mass is 632 g/mol. The molecule has 9 heteroatoms. The van der Waals surface area contributed by atoms with Crippen molar-refractivity contribution in [3.8, 4) is 0 Å². The molecule has 9 nitrogen and oxygen atoms in total. The molecular weight excluding hydrogens is 588 g/mol. The second-order valence-electron chi connectivity index (χ2n) is 12.2. The smallest absolute Gasteiger partial charge is 0.239 e. The highest BCUT2D eigenvalue weighted by atomic mass is 16.2. The van der Waals surface area contributed by atoms with Crippen LogP contribution in [-0.4, -0.2) is 66.7 Å².